The fourth-order valence-electron chi connectivity index (χ4n) is 2.62. The van der Waals surface area contributed by atoms with Gasteiger partial charge >= 0.3 is 0 Å². The van der Waals surface area contributed by atoms with Crippen molar-refractivity contribution in [3.8, 4) is 0 Å². The second-order valence-electron chi connectivity index (χ2n) is 5.88. The first-order valence-electron chi connectivity index (χ1n) is 6.97. The van der Waals surface area contributed by atoms with E-state index < -0.39 is 0 Å². The molecule has 0 aliphatic carbocycles. The lowest BCUT2D eigenvalue weighted by Crippen LogP contribution is -2.37. The summed E-state index contributed by atoms with van der Waals surface area (Å²) in [5.74, 6) is 0. The van der Waals surface area contributed by atoms with Crippen LogP contribution in [0.4, 0.5) is 0 Å². The van der Waals surface area contributed by atoms with Gasteiger partial charge in [0.1, 0.15) is 0 Å². The molecular weight excluding hydrogens is 222 g/mol. The van der Waals surface area contributed by atoms with Crippen LogP contribution in [0.2, 0.25) is 0 Å². The number of rotatable bonds is 4. The van der Waals surface area contributed by atoms with Gasteiger partial charge in [0.25, 0.3) is 0 Å². The Hall–Kier alpha value is -0.860. The Morgan fingerprint density at radius 3 is 2.61 bits per heavy atom. The first-order valence-corrected chi connectivity index (χ1v) is 6.97. The third-order valence-electron chi connectivity index (χ3n) is 4.19. The van der Waals surface area contributed by atoms with E-state index in [1.807, 2.05) is 0 Å². The van der Waals surface area contributed by atoms with Gasteiger partial charge in [0.15, 0.2) is 0 Å². The van der Waals surface area contributed by atoms with Gasteiger partial charge in [-0.15, -0.1) is 0 Å². The fourth-order valence-corrected chi connectivity index (χ4v) is 2.62. The van der Waals surface area contributed by atoms with Crippen molar-refractivity contribution in [1.29, 1.82) is 0 Å². The van der Waals surface area contributed by atoms with E-state index in [0.29, 0.717) is 11.5 Å². The standard InChI is InChI=1S/C16H25NO/c1-13-6-4-5-7-15(13)14(2)17-12-16(3)8-10-18-11-9-16/h4-7,14,17H,8-12H2,1-3H3. The van der Waals surface area contributed by atoms with Gasteiger partial charge in [0, 0.05) is 25.8 Å². The highest BCUT2D eigenvalue weighted by Crippen LogP contribution is 2.29. The first kappa shape index (κ1) is 13.6. The molecule has 0 radical (unpaired) electrons. The molecule has 1 aliphatic rings. The van der Waals surface area contributed by atoms with E-state index in [1.165, 1.54) is 24.0 Å². The van der Waals surface area contributed by atoms with Crippen LogP contribution in [0, 0.1) is 12.3 Å². The van der Waals surface area contributed by atoms with Crippen molar-refractivity contribution in [2.24, 2.45) is 5.41 Å². The van der Waals surface area contributed by atoms with Gasteiger partial charge in [-0.05, 0) is 43.2 Å². The van der Waals surface area contributed by atoms with Crippen molar-refractivity contribution in [3.63, 3.8) is 0 Å². The number of hydrogen-bond acceptors (Lipinski definition) is 2. The third kappa shape index (κ3) is 3.33. The summed E-state index contributed by atoms with van der Waals surface area (Å²) in [7, 11) is 0. The highest BCUT2D eigenvalue weighted by atomic mass is 16.5. The molecule has 1 aromatic carbocycles. The van der Waals surface area contributed by atoms with Crippen molar-refractivity contribution >= 4 is 0 Å². The summed E-state index contributed by atoms with van der Waals surface area (Å²) in [4.78, 5) is 0. The van der Waals surface area contributed by atoms with Crippen LogP contribution in [-0.4, -0.2) is 19.8 Å². The summed E-state index contributed by atoms with van der Waals surface area (Å²) in [5.41, 5.74) is 3.18. The van der Waals surface area contributed by atoms with Gasteiger partial charge in [-0.1, -0.05) is 31.2 Å². The Kier molecular flexibility index (Phi) is 4.41. The Labute approximate surface area is 111 Å². The molecule has 1 atom stereocenters. The molecule has 0 aromatic heterocycles. The van der Waals surface area contributed by atoms with Crippen molar-refractivity contribution in [1.82, 2.24) is 5.32 Å². The zero-order chi connectivity index (χ0) is 13.0. The minimum atomic E-state index is 0.398. The van der Waals surface area contributed by atoms with Crippen LogP contribution in [0.3, 0.4) is 0 Å². The van der Waals surface area contributed by atoms with Crippen LogP contribution in [0.15, 0.2) is 24.3 Å². The molecule has 1 aromatic rings. The topological polar surface area (TPSA) is 21.3 Å². The number of aryl methyl sites for hydroxylation is 1. The molecule has 1 heterocycles. The van der Waals surface area contributed by atoms with Crippen LogP contribution < -0.4 is 5.32 Å². The van der Waals surface area contributed by atoms with Crippen LogP contribution in [0.25, 0.3) is 0 Å². The summed E-state index contributed by atoms with van der Waals surface area (Å²) in [5, 5.41) is 3.69. The van der Waals surface area contributed by atoms with Crippen LogP contribution in [-0.2, 0) is 4.74 Å². The van der Waals surface area contributed by atoms with Crippen LogP contribution in [0.5, 0.6) is 0 Å². The minimum Gasteiger partial charge on any atom is -0.381 e. The Balaban J connectivity index is 1.92. The molecule has 1 saturated heterocycles. The van der Waals surface area contributed by atoms with E-state index in [1.54, 1.807) is 0 Å². The second kappa shape index (κ2) is 5.85. The van der Waals surface area contributed by atoms with Gasteiger partial charge in [-0.2, -0.15) is 0 Å². The molecule has 0 bridgehead atoms. The highest BCUT2D eigenvalue weighted by molar-refractivity contribution is 5.28. The van der Waals surface area contributed by atoms with E-state index in [-0.39, 0.29) is 0 Å². The molecule has 2 heteroatoms. The average molecular weight is 247 g/mol. The number of ether oxygens (including phenoxy) is 1. The van der Waals surface area contributed by atoms with Crippen LogP contribution >= 0.6 is 0 Å². The van der Waals surface area contributed by atoms with Crippen molar-refractivity contribution in [3.05, 3.63) is 35.4 Å². The van der Waals surface area contributed by atoms with E-state index in [0.717, 1.165) is 19.8 Å². The molecule has 2 nitrogen and oxygen atoms in total. The van der Waals surface area contributed by atoms with Gasteiger partial charge in [-0.3, -0.25) is 0 Å². The van der Waals surface area contributed by atoms with Gasteiger partial charge < -0.3 is 10.1 Å². The third-order valence-corrected chi connectivity index (χ3v) is 4.19. The predicted octanol–water partition coefficient (Wildman–Crippen LogP) is 3.46. The highest BCUT2D eigenvalue weighted by Gasteiger charge is 2.27. The van der Waals surface area contributed by atoms with Gasteiger partial charge in [0.05, 0.1) is 0 Å². The molecule has 2 rings (SSSR count). The molecule has 0 saturated carbocycles. The smallest absolute Gasteiger partial charge is 0.0471 e. The monoisotopic (exact) mass is 247 g/mol. The van der Waals surface area contributed by atoms with E-state index >= 15 is 0 Å². The fraction of sp³-hybridized carbons (Fsp3) is 0.625. The zero-order valence-electron chi connectivity index (χ0n) is 11.8. The minimum absolute atomic E-state index is 0.398. The second-order valence-corrected chi connectivity index (χ2v) is 5.88. The molecule has 1 N–H and O–H groups in total. The molecule has 0 spiro atoms. The van der Waals surface area contributed by atoms with Crippen molar-refractivity contribution in [2.45, 2.75) is 39.7 Å². The number of hydrogen-bond donors (Lipinski definition) is 1. The molecule has 0 amide bonds. The molecule has 100 valence electrons. The SMILES string of the molecule is Cc1ccccc1C(C)NCC1(C)CCOCC1. The summed E-state index contributed by atoms with van der Waals surface area (Å²) >= 11 is 0. The molecule has 1 fully saturated rings. The lowest BCUT2D eigenvalue weighted by atomic mass is 9.82. The normalized spacial score (nSPS) is 20.6. The number of nitrogens with one attached hydrogen (secondary N) is 1. The van der Waals surface area contributed by atoms with Gasteiger partial charge in [-0.25, -0.2) is 0 Å². The predicted molar refractivity (Wildman–Crippen MR) is 75.8 cm³/mol. The number of benzene rings is 1. The molecule has 1 unspecified atom stereocenters. The Morgan fingerprint density at radius 1 is 1.28 bits per heavy atom. The van der Waals surface area contributed by atoms with Crippen molar-refractivity contribution in [2.75, 3.05) is 19.8 Å². The Morgan fingerprint density at radius 2 is 1.94 bits per heavy atom. The summed E-state index contributed by atoms with van der Waals surface area (Å²) in [6.07, 6.45) is 2.33. The maximum absolute atomic E-state index is 5.45. The summed E-state index contributed by atoms with van der Waals surface area (Å²) in [6, 6.07) is 9.05. The maximum atomic E-state index is 5.45. The molecule has 18 heavy (non-hydrogen) atoms. The van der Waals surface area contributed by atoms with Gasteiger partial charge in [0.2, 0.25) is 0 Å². The lowest BCUT2D eigenvalue weighted by Gasteiger charge is -2.35. The average Bonchev–Trinajstić information content (AvgIpc) is 2.38. The largest absolute Gasteiger partial charge is 0.381 e. The Bertz CT molecular complexity index is 382. The van der Waals surface area contributed by atoms with E-state index in [2.05, 4.69) is 50.4 Å². The van der Waals surface area contributed by atoms with E-state index in [4.69, 9.17) is 4.74 Å². The summed E-state index contributed by atoms with van der Waals surface area (Å²) < 4.78 is 5.45. The summed E-state index contributed by atoms with van der Waals surface area (Å²) in [6.45, 7) is 9.71. The molecular formula is C16H25NO. The first-order chi connectivity index (χ1) is 8.61. The van der Waals surface area contributed by atoms with E-state index in [9.17, 15) is 0 Å². The van der Waals surface area contributed by atoms with Crippen molar-refractivity contribution < 1.29 is 4.74 Å². The zero-order valence-corrected chi connectivity index (χ0v) is 11.8. The quantitative estimate of drug-likeness (QED) is 0.879. The van der Waals surface area contributed by atoms with Crippen LogP contribution in [0.1, 0.15) is 43.9 Å². The lowest BCUT2D eigenvalue weighted by molar-refractivity contribution is 0.0231. The molecule has 1 aliphatic heterocycles. The maximum Gasteiger partial charge on any atom is 0.0471 e.